The molecule has 0 radical (unpaired) electrons. The Morgan fingerprint density at radius 2 is 2.19 bits per heavy atom. The second-order valence-electron chi connectivity index (χ2n) is 6.84. The lowest BCUT2D eigenvalue weighted by Gasteiger charge is -2.34. The van der Waals surface area contributed by atoms with Gasteiger partial charge in [-0.05, 0) is 37.5 Å². The lowest BCUT2D eigenvalue weighted by Crippen LogP contribution is -2.46. The molecule has 1 heterocycles. The van der Waals surface area contributed by atoms with E-state index in [1.807, 2.05) is 4.68 Å². The minimum Gasteiger partial charge on any atom is -0.271 e. The molecule has 1 aromatic rings. The quantitative estimate of drug-likeness (QED) is 0.626. The number of nitrogens with one attached hydrogen (secondary N) is 1. The van der Waals surface area contributed by atoms with Crippen LogP contribution in [0.1, 0.15) is 58.3 Å². The van der Waals surface area contributed by atoms with Gasteiger partial charge < -0.3 is 0 Å². The highest BCUT2D eigenvalue weighted by Gasteiger charge is 2.39. The molecule has 0 amide bonds. The molecule has 2 unspecified atom stereocenters. The predicted molar refractivity (Wildman–Crippen MR) is 88.2 cm³/mol. The highest BCUT2D eigenvalue weighted by molar-refractivity contribution is 6.31. The van der Waals surface area contributed by atoms with E-state index in [0.717, 1.165) is 35.8 Å². The van der Waals surface area contributed by atoms with E-state index in [-0.39, 0.29) is 6.04 Å². The first-order chi connectivity index (χ1) is 9.94. The molecule has 0 saturated heterocycles. The second-order valence-corrected chi connectivity index (χ2v) is 7.22. The largest absolute Gasteiger partial charge is 0.271 e. The zero-order valence-corrected chi connectivity index (χ0v) is 14.5. The van der Waals surface area contributed by atoms with Crippen LogP contribution in [0.5, 0.6) is 0 Å². The van der Waals surface area contributed by atoms with Crippen molar-refractivity contribution in [3.63, 3.8) is 0 Å². The van der Waals surface area contributed by atoms with Gasteiger partial charge in [-0.1, -0.05) is 38.8 Å². The van der Waals surface area contributed by atoms with Gasteiger partial charge in [0.05, 0.1) is 16.4 Å². The average molecular weight is 313 g/mol. The number of aryl methyl sites for hydroxylation is 2. The fraction of sp³-hybridized carbons (Fsp3) is 0.812. The van der Waals surface area contributed by atoms with E-state index in [2.05, 4.69) is 38.2 Å². The molecule has 1 aliphatic rings. The smallest absolute Gasteiger partial charge is 0.0850 e. The third-order valence-corrected chi connectivity index (χ3v) is 5.58. The highest BCUT2D eigenvalue weighted by Crippen LogP contribution is 2.45. The summed E-state index contributed by atoms with van der Waals surface area (Å²) >= 11 is 6.54. The first-order valence-electron chi connectivity index (χ1n) is 8.14. The molecule has 21 heavy (non-hydrogen) atoms. The van der Waals surface area contributed by atoms with Gasteiger partial charge in [-0.15, -0.1) is 0 Å². The van der Waals surface area contributed by atoms with Crippen molar-refractivity contribution >= 4 is 11.6 Å². The summed E-state index contributed by atoms with van der Waals surface area (Å²) < 4.78 is 2.04. The molecule has 0 aliphatic heterocycles. The molecular weight excluding hydrogens is 284 g/mol. The van der Waals surface area contributed by atoms with Crippen molar-refractivity contribution in [3.05, 3.63) is 16.4 Å². The van der Waals surface area contributed by atoms with Gasteiger partial charge in [0.2, 0.25) is 0 Å². The van der Waals surface area contributed by atoms with Crippen molar-refractivity contribution < 1.29 is 0 Å². The van der Waals surface area contributed by atoms with Crippen LogP contribution in [0.2, 0.25) is 5.02 Å². The average Bonchev–Trinajstić information content (AvgIpc) is 2.96. The number of hydrogen-bond donors (Lipinski definition) is 2. The van der Waals surface area contributed by atoms with Crippen molar-refractivity contribution in [2.75, 3.05) is 0 Å². The summed E-state index contributed by atoms with van der Waals surface area (Å²) in [7, 11) is 0. The van der Waals surface area contributed by atoms with E-state index in [4.69, 9.17) is 17.4 Å². The maximum atomic E-state index is 6.54. The van der Waals surface area contributed by atoms with Crippen molar-refractivity contribution in [3.8, 4) is 0 Å². The molecule has 5 heteroatoms. The Morgan fingerprint density at radius 3 is 2.67 bits per heavy atom. The summed E-state index contributed by atoms with van der Waals surface area (Å²) in [6.45, 7) is 9.75. The summed E-state index contributed by atoms with van der Waals surface area (Å²) in [5.74, 6) is 6.47. The van der Waals surface area contributed by atoms with Crippen molar-refractivity contribution in [1.82, 2.24) is 15.2 Å². The number of aromatic nitrogens is 2. The number of nitrogens with zero attached hydrogens (tertiary/aromatic N) is 2. The van der Waals surface area contributed by atoms with Gasteiger partial charge in [0.1, 0.15) is 0 Å². The predicted octanol–water partition coefficient (Wildman–Crippen LogP) is 3.32. The van der Waals surface area contributed by atoms with E-state index in [9.17, 15) is 0 Å². The molecule has 4 nitrogen and oxygen atoms in total. The normalized spacial score (nSPS) is 22.7. The van der Waals surface area contributed by atoms with Crippen molar-refractivity contribution in [2.24, 2.45) is 17.2 Å². The van der Waals surface area contributed by atoms with Crippen LogP contribution in [0.25, 0.3) is 0 Å². The maximum Gasteiger partial charge on any atom is 0.0850 e. The molecule has 3 N–H and O–H groups in total. The summed E-state index contributed by atoms with van der Waals surface area (Å²) in [6.07, 6.45) is 5.52. The van der Waals surface area contributed by atoms with E-state index in [1.165, 1.54) is 19.3 Å². The zero-order valence-electron chi connectivity index (χ0n) is 13.7. The lowest BCUT2D eigenvalue weighted by molar-refractivity contribution is 0.194. The molecule has 120 valence electrons. The van der Waals surface area contributed by atoms with Crippen LogP contribution >= 0.6 is 11.6 Å². The Morgan fingerprint density at radius 1 is 1.48 bits per heavy atom. The van der Waals surface area contributed by atoms with Crippen LogP contribution in [0.3, 0.4) is 0 Å². The number of rotatable bonds is 6. The number of hydrogen-bond acceptors (Lipinski definition) is 3. The highest BCUT2D eigenvalue weighted by atomic mass is 35.5. The third-order valence-electron chi connectivity index (χ3n) is 5.15. The zero-order chi connectivity index (χ0) is 15.6. The first-order valence-corrected chi connectivity index (χ1v) is 8.52. The summed E-state index contributed by atoms with van der Waals surface area (Å²) in [4.78, 5) is 0. The number of halogens is 1. The van der Waals surface area contributed by atoms with Gasteiger partial charge in [0.15, 0.2) is 0 Å². The van der Waals surface area contributed by atoms with E-state index in [1.54, 1.807) is 0 Å². The van der Waals surface area contributed by atoms with Gasteiger partial charge in [0, 0.05) is 19.0 Å². The molecular formula is C16H29ClN4. The molecule has 0 spiro atoms. The van der Waals surface area contributed by atoms with Crippen LogP contribution in [0.15, 0.2) is 0 Å². The Bertz CT molecular complexity index is 481. The standard InChI is InChI=1S/C16H29ClN4/c1-5-12-15(17)14(21(6-2)20-12)10-13(19-18)11-8-7-9-16(11,3)4/h11,13,19H,5-10,18H2,1-4H3. The Balaban J connectivity index is 2.25. The molecule has 0 bridgehead atoms. The number of nitrogens with two attached hydrogens (primary N) is 1. The summed E-state index contributed by atoms with van der Waals surface area (Å²) in [5, 5.41) is 5.44. The van der Waals surface area contributed by atoms with E-state index in [0.29, 0.717) is 11.3 Å². The molecule has 1 fully saturated rings. The van der Waals surface area contributed by atoms with E-state index >= 15 is 0 Å². The van der Waals surface area contributed by atoms with Crippen LogP contribution in [0.4, 0.5) is 0 Å². The summed E-state index contributed by atoms with van der Waals surface area (Å²) in [6, 6.07) is 0.256. The van der Waals surface area contributed by atoms with E-state index < -0.39 is 0 Å². The SMILES string of the molecule is CCc1nn(CC)c(CC(NN)C2CCCC2(C)C)c1Cl. The van der Waals surface area contributed by atoms with Crippen LogP contribution in [-0.2, 0) is 19.4 Å². The second kappa shape index (κ2) is 6.67. The van der Waals surface area contributed by atoms with Crippen LogP contribution < -0.4 is 11.3 Å². The van der Waals surface area contributed by atoms with Gasteiger partial charge in [-0.2, -0.15) is 5.10 Å². The fourth-order valence-electron chi connectivity index (χ4n) is 3.84. The molecule has 2 rings (SSSR count). The molecule has 0 aromatic carbocycles. The molecule has 1 aromatic heterocycles. The van der Waals surface area contributed by atoms with Crippen LogP contribution in [-0.4, -0.2) is 15.8 Å². The fourth-order valence-corrected chi connectivity index (χ4v) is 4.18. The maximum absolute atomic E-state index is 6.54. The monoisotopic (exact) mass is 312 g/mol. The van der Waals surface area contributed by atoms with Gasteiger partial charge in [-0.3, -0.25) is 16.0 Å². The Hall–Kier alpha value is -0.580. The Labute approximate surface area is 133 Å². The Kier molecular flexibility index (Phi) is 5.33. The van der Waals surface area contributed by atoms with Gasteiger partial charge >= 0.3 is 0 Å². The minimum atomic E-state index is 0.256. The minimum absolute atomic E-state index is 0.256. The van der Waals surface area contributed by atoms with Gasteiger partial charge in [0.25, 0.3) is 0 Å². The number of hydrazine groups is 1. The first kappa shape index (κ1) is 16.8. The molecule has 1 saturated carbocycles. The molecule has 2 atom stereocenters. The van der Waals surface area contributed by atoms with Crippen molar-refractivity contribution in [2.45, 2.75) is 72.4 Å². The van der Waals surface area contributed by atoms with Crippen molar-refractivity contribution in [1.29, 1.82) is 0 Å². The third kappa shape index (κ3) is 3.27. The van der Waals surface area contributed by atoms with Gasteiger partial charge in [-0.25, -0.2) is 0 Å². The summed E-state index contributed by atoms with van der Waals surface area (Å²) in [5.41, 5.74) is 5.52. The van der Waals surface area contributed by atoms with Crippen LogP contribution in [0, 0.1) is 11.3 Å². The lowest BCUT2D eigenvalue weighted by atomic mass is 9.76. The molecule has 1 aliphatic carbocycles. The topological polar surface area (TPSA) is 55.9 Å².